The van der Waals surface area contributed by atoms with E-state index >= 15 is 0 Å². The van der Waals surface area contributed by atoms with Gasteiger partial charge in [0.2, 0.25) is 0 Å². The number of pyridine rings is 2. The van der Waals surface area contributed by atoms with E-state index in [-0.39, 0.29) is 5.69 Å². The summed E-state index contributed by atoms with van der Waals surface area (Å²) >= 11 is 3.24. The molecular formula is C9H5BrF2N2. The Bertz CT molecular complexity index is 473. The van der Waals surface area contributed by atoms with Crippen molar-refractivity contribution in [2.24, 2.45) is 0 Å². The van der Waals surface area contributed by atoms with Crippen LogP contribution in [0, 0.1) is 0 Å². The van der Waals surface area contributed by atoms with Crippen molar-refractivity contribution in [1.82, 2.24) is 9.97 Å². The van der Waals surface area contributed by atoms with Crippen LogP contribution in [0.3, 0.4) is 0 Å². The minimum Gasteiger partial charge on any atom is -0.235 e. The molecule has 0 N–H and O–H groups in total. The summed E-state index contributed by atoms with van der Waals surface area (Å²) in [5.74, 6) is 0. The Morgan fingerprint density at radius 1 is 1.29 bits per heavy atom. The number of halogens is 3. The van der Waals surface area contributed by atoms with Gasteiger partial charge in [-0.05, 0) is 34.1 Å². The van der Waals surface area contributed by atoms with Crippen LogP contribution in [-0.2, 0) is 0 Å². The van der Waals surface area contributed by atoms with Gasteiger partial charge in [0.1, 0.15) is 5.69 Å². The minimum atomic E-state index is -2.55. The molecule has 72 valence electrons. The predicted octanol–water partition coefficient (Wildman–Crippen LogP) is 3.33. The van der Waals surface area contributed by atoms with E-state index in [4.69, 9.17) is 0 Å². The topological polar surface area (TPSA) is 25.8 Å². The monoisotopic (exact) mass is 258 g/mol. The highest BCUT2D eigenvalue weighted by atomic mass is 79.9. The maximum absolute atomic E-state index is 12.3. The fourth-order valence-corrected chi connectivity index (χ4v) is 1.47. The summed E-state index contributed by atoms with van der Waals surface area (Å²) in [4.78, 5) is 7.67. The minimum absolute atomic E-state index is 0.243. The Balaban J connectivity index is 2.62. The van der Waals surface area contributed by atoms with Crippen LogP contribution in [0.2, 0.25) is 0 Å². The number of hydrogen-bond donors (Lipinski definition) is 0. The second kappa shape index (κ2) is 3.57. The summed E-state index contributed by atoms with van der Waals surface area (Å²) in [6.45, 7) is 0. The molecule has 0 saturated heterocycles. The largest absolute Gasteiger partial charge is 0.280 e. The third kappa shape index (κ3) is 1.72. The van der Waals surface area contributed by atoms with Crippen LogP contribution < -0.4 is 0 Å². The third-order valence-corrected chi connectivity index (χ3v) is 2.19. The summed E-state index contributed by atoms with van der Waals surface area (Å²) in [6.07, 6.45) is -1.02. The fraction of sp³-hybridized carbons (Fsp3) is 0.111. The molecule has 0 spiro atoms. The molecule has 0 radical (unpaired) electrons. The van der Waals surface area contributed by atoms with Crippen LogP contribution in [0.5, 0.6) is 0 Å². The fourth-order valence-electron chi connectivity index (χ4n) is 1.12. The highest BCUT2D eigenvalue weighted by Crippen LogP contribution is 2.20. The van der Waals surface area contributed by atoms with Crippen molar-refractivity contribution >= 4 is 27.0 Å². The van der Waals surface area contributed by atoms with Gasteiger partial charge >= 0.3 is 0 Å². The van der Waals surface area contributed by atoms with Crippen LogP contribution in [0.25, 0.3) is 11.0 Å². The first-order valence-corrected chi connectivity index (χ1v) is 4.66. The maximum atomic E-state index is 12.3. The molecule has 2 aromatic heterocycles. The maximum Gasteiger partial charge on any atom is 0.280 e. The molecule has 0 aliphatic heterocycles. The highest BCUT2D eigenvalue weighted by molar-refractivity contribution is 9.10. The quantitative estimate of drug-likeness (QED) is 0.784. The molecule has 0 aromatic carbocycles. The number of aromatic nitrogens is 2. The predicted molar refractivity (Wildman–Crippen MR) is 52.2 cm³/mol. The molecular weight excluding hydrogens is 254 g/mol. The number of hydrogen-bond acceptors (Lipinski definition) is 2. The molecule has 0 saturated carbocycles. The van der Waals surface area contributed by atoms with Gasteiger partial charge < -0.3 is 0 Å². The summed E-state index contributed by atoms with van der Waals surface area (Å²) in [5, 5.41) is 0.740. The first-order chi connectivity index (χ1) is 6.66. The van der Waals surface area contributed by atoms with Crippen molar-refractivity contribution in [2.75, 3.05) is 0 Å². The zero-order chi connectivity index (χ0) is 10.1. The van der Waals surface area contributed by atoms with Gasteiger partial charge in [-0.1, -0.05) is 0 Å². The SMILES string of the molecule is FC(F)c1ccc2cc(Br)cnc2n1. The lowest BCUT2D eigenvalue weighted by molar-refractivity contribution is 0.146. The second-order valence-electron chi connectivity index (χ2n) is 2.74. The number of fused-ring (bicyclic) bond motifs is 1. The van der Waals surface area contributed by atoms with E-state index in [1.165, 1.54) is 12.3 Å². The zero-order valence-electron chi connectivity index (χ0n) is 6.92. The van der Waals surface area contributed by atoms with Crippen molar-refractivity contribution in [2.45, 2.75) is 6.43 Å². The third-order valence-electron chi connectivity index (χ3n) is 1.75. The number of nitrogens with zero attached hydrogens (tertiary/aromatic N) is 2. The second-order valence-corrected chi connectivity index (χ2v) is 3.65. The Morgan fingerprint density at radius 3 is 2.79 bits per heavy atom. The van der Waals surface area contributed by atoms with Crippen molar-refractivity contribution in [3.63, 3.8) is 0 Å². The van der Waals surface area contributed by atoms with Crippen molar-refractivity contribution in [3.05, 3.63) is 34.6 Å². The highest BCUT2D eigenvalue weighted by Gasteiger charge is 2.09. The van der Waals surface area contributed by atoms with Crippen molar-refractivity contribution in [1.29, 1.82) is 0 Å². The van der Waals surface area contributed by atoms with Crippen LogP contribution >= 0.6 is 15.9 Å². The van der Waals surface area contributed by atoms with Crippen LogP contribution in [-0.4, -0.2) is 9.97 Å². The summed E-state index contributed by atoms with van der Waals surface area (Å²) in [7, 11) is 0. The summed E-state index contributed by atoms with van der Waals surface area (Å²) in [5.41, 5.74) is 0.0957. The Kier molecular flexibility index (Phi) is 2.41. The molecule has 0 aliphatic carbocycles. The molecule has 2 heterocycles. The molecule has 2 nitrogen and oxygen atoms in total. The van der Waals surface area contributed by atoms with E-state index in [1.807, 2.05) is 0 Å². The van der Waals surface area contributed by atoms with Gasteiger partial charge in [0.05, 0.1) is 0 Å². The molecule has 0 atom stereocenters. The average Bonchev–Trinajstić information content (AvgIpc) is 2.16. The Labute approximate surface area is 87.1 Å². The lowest BCUT2D eigenvalue weighted by Crippen LogP contribution is -1.91. The average molecular weight is 259 g/mol. The summed E-state index contributed by atoms with van der Waals surface area (Å²) < 4.78 is 25.4. The molecule has 14 heavy (non-hydrogen) atoms. The first-order valence-electron chi connectivity index (χ1n) is 3.87. The van der Waals surface area contributed by atoms with Gasteiger partial charge in [0.25, 0.3) is 6.43 Å². The van der Waals surface area contributed by atoms with E-state index in [1.54, 1.807) is 12.1 Å². The molecule has 2 aromatic rings. The molecule has 0 amide bonds. The van der Waals surface area contributed by atoms with E-state index < -0.39 is 6.43 Å². The molecule has 2 rings (SSSR count). The molecule has 0 aliphatic rings. The van der Waals surface area contributed by atoms with Gasteiger partial charge in [0.15, 0.2) is 5.65 Å². The van der Waals surface area contributed by atoms with E-state index in [2.05, 4.69) is 25.9 Å². The van der Waals surface area contributed by atoms with Gasteiger partial charge in [-0.2, -0.15) is 0 Å². The van der Waals surface area contributed by atoms with Gasteiger partial charge in [-0.25, -0.2) is 18.7 Å². The molecule has 0 unspecified atom stereocenters. The molecule has 0 bridgehead atoms. The standard InChI is InChI=1S/C9H5BrF2N2/c10-6-3-5-1-2-7(8(11)12)14-9(5)13-4-6/h1-4,8H. The van der Waals surface area contributed by atoms with Crippen LogP contribution in [0.4, 0.5) is 8.78 Å². The lowest BCUT2D eigenvalue weighted by Gasteiger charge is -2.00. The van der Waals surface area contributed by atoms with Gasteiger partial charge in [-0.3, -0.25) is 0 Å². The van der Waals surface area contributed by atoms with E-state index in [0.717, 1.165) is 9.86 Å². The number of alkyl halides is 2. The Morgan fingerprint density at radius 2 is 2.07 bits per heavy atom. The first kappa shape index (κ1) is 9.45. The van der Waals surface area contributed by atoms with E-state index in [0.29, 0.717) is 5.65 Å². The normalized spacial score (nSPS) is 11.1. The smallest absolute Gasteiger partial charge is 0.235 e. The zero-order valence-corrected chi connectivity index (χ0v) is 8.50. The van der Waals surface area contributed by atoms with Crippen LogP contribution in [0.15, 0.2) is 28.9 Å². The molecule has 0 fully saturated rings. The molecule has 5 heteroatoms. The Hall–Kier alpha value is -1.10. The van der Waals surface area contributed by atoms with E-state index in [9.17, 15) is 8.78 Å². The lowest BCUT2D eigenvalue weighted by atomic mass is 10.2. The van der Waals surface area contributed by atoms with Crippen molar-refractivity contribution < 1.29 is 8.78 Å². The van der Waals surface area contributed by atoms with Gasteiger partial charge in [0, 0.05) is 16.1 Å². The van der Waals surface area contributed by atoms with Crippen LogP contribution in [0.1, 0.15) is 12.1 Å². The number of rotatable bonds is 1. The summed E-state index contributed by atoms with van der Waals surface area (Å²) in [6, 6.07) is 4.67. The van der Waals surface area contributed by atoms with Crippen molar-refractivity contribution in [3.8, 4) is 0 Å². The van der Waals surface area contributed by atoms with Gasteiger partial charge in [-0.15, -0.1) is 0 Å².